The van der Waals surface area contributed by atoms with Crippen LogP contribution in [-0.4, -0.2) is 29.5 Å². The predicted octanol–water partition coefficient (Wildman–Crippen LogP) is 4.13. The maximum Gasteiger partial charge on any atom is 0.375 e. The number of nitro benzene ring substituents is 1. The van der Waals surface area contributed by atoms with Gasteiger partial charge in [-0.3, -0.25) is 10.1 Å². The predicted molar refractivity (Wildman–Crippen MR) is 116 cm³/mol. The lowest BCUT2D eigenvalue weighted by atomic mass is 10.2. The zero-order valence-corrected chi connectivity index (χ0v) is 18.5. The molecule has 2 aromatic carbocycles. The Morgan fingerprint density at radius 1 is 1.09 bits per heavy atom. The average Bonchev–Trinajstić information content (AvgIpc) is 3.49. The highest BCUT2D eigenvalue weighted by Crippen LogP contribution is 2.26. The molecule has 2 heterocycles. The van der Waals surface area contributed by atoms with E-state index in [4.69, 9.17) is 13.6 Å². The molecule has 0 saturated heterocycles. The second-order valence-electron chi connectivity index (χ2n) is 7.14. The van der Waals surface area contributed by atoms with Crippen LogP contribution in [0, 0.1) is 10.1 Å². The lowest BCUT2D eigenvalue weighted by Crippen LogP contribution is -2.12. The van der Waals surface area contributed by atoms with Crippen LogP contribution in [0.1, 0.15) is 35.0 Å². The van der Waals surface area contributed by atoms with Crippen LogP contribution in [0.15, 0.2) is 80.7 Å². The largest absolute Gasteiger partial charge is 0.457 e. The van der Waals surface area contributed by atoms with E-state index in [0.29, 0.717) is 5.56 Å². The van der Waals surface area contributed by atoms with Gasteiger partial charge in [0.25, 0.3) is 11.6 Å². The van der Waals surface area contributed by atoms with Crippen molar-refractivity contribution in [3.63, 3.8) is 0 Å². The number of furan rings is 1. The number of esters is 1. The highest BCUT2D eigenvalue weighted by Gasteiger charge is 2.26. The van der Waals surface area contributed by atoms with Gasteiger partial charge in [0.05, 0.1) is 21.8 Å². The van der Waals surface area contributed by atoms with Gasteiger partial charge in [-0.25, -0.2) is 13.2 Å². The molecule has 2 aromatic heterocycles. The van der Waals surface area contributed by atoms with Gasteiger partial charge in [-0.1, -0.05) is 18.2 Å². The second-order valence-corrected chi connectivity index (χ2v) is 9.13. The van der Waals surface area contributed by atoms with Gasteiger partial charge in [-0.15, -0.1) is 10.2 Å². The first-order valence-electron chi connectivity index (χ1n) is 9.88. The average molecular weight is 483 g/mol. The molecule has 0 saturated carbocycles. The Hall–Kier alpha value is -4.32. The van der Waals surface area contributed by atoms with E-state index in [-0.39, 0.29) is 33.7 Å². The Labute approximate surface area is 193 Å². The SMILES string of the molecule is CC(OC(=O)c1occc1CS(=O)(=O)c1ccccc1)c1nnc(-c2ccc([N+](=O)[O-])cc2)o1. The van der Waals surface area contributed by atoms with E-state index >= 15 is 0 Å². The van der Waals surface area contributed by atoms with E-state index in [0.717, 1.165) is 0 Å². The van der Waals surface area contributed by atoms with Crippen molar-refractivity contribution >= 4 is 21.5 Å². The zero-order chi connectivity index (χ0) is 24.3. The first-order chi connectivity index (χ1) is 16.2. The van der Waals surface area contributed by atoms with Crippen LogP contribution in [0.2, 0.25) is 0 Å². The van der Waals surface area contributed by atoms with Crippen molar-refractivity contribution < 1.29 is 31.7 Å². The molecule has 0 aliphatic rings. The molecule has 4 rings (SSSR count). The Bertz CT molecular complexity index is 1430. The van der Waals surface area contributed by atoms with Crippen LogP contribution in [0.5, 0.6) is 0 Å². The van der Waals surface area contributed by atoms with E-state index in [2.05, 4.69) is 10.2 Å². The number of non-ortho nitro benzene ring substituents is 1. The van der Waals surface area contributed by atoms with E-state index in [9.17, 15) is 23.3 Å². The standard InChI is InChI=1S/C22H17N3O8S/c1-14(20-23-24-21(33-20)15-7-9-17(10-8-15)25(27)28)32-22(26)19-16(11-12-31-19)13-34(29,30)18-5-3-2-4-6-18/h2-12,14H,13H2,1H3. The molecule has 1 unspecified atom stereocenters. The van der Waals surface area contributed by atoms with Gasteiger partial charge < -0.3 is 13.6 Å². The second kappa shape index (κ2) is 9.27. The fourth-order valence-corrected chi connectivity index (χ4v) is 4.43. The number of benzene rings is 2. The molecule has 174 valence electrons. The molecular weight excluding hydrogens is 466 g/mol. The van der Waals surface area contributed by atoms with Crippen molar-refractivity contribution in [1.82, 2.24) is 10.2 Å². The van der Waals surface area contributed by atoms with Gasteiger partial charge in [0.2, 0.25) is 11.7 Å². The normalized spacial score (nSPS) is 12.3. The van der Waals surface area contributed by atoms with Crippen molar-refractivity contribution in [3.8, 4) is 11.5 Å². The van der Waals surface area contributed by atoms with Crippen LogP contribution in [0.3, 0.4) is 0 Å². The summed E-state index contributed by atoms with van der Waals surface area (Å²) in [5.74, 6) is -1.53. The molecule has 1 atom stereocenters. The summed E-state index contributed by atoms with van der Waals surface area (Å²) in [5, 5.41) is 18.5. The summed E-state index contributed by atoms with van der Waals surface area (Å²) in [7, 11) is -3.71. The Kier molecular flexibility index (Phi) is 6.23. The first kappa shape index (κ1) is 22.9. The third-order valence-corrected chi connectivity index (χ3v) is 6.46. The molecule has 0 amide bonds. The van der Waals surface area contributed by atoms with Crippen LogP contribution in [-0.2, 0) is 20.3 Å². The Morgan fingerprint density at radius 2 is 1.79 bits per heavy atom. The van der Waals surface area contributed by atoms with Gasteiger partial charge >= 0.3 is 5.97 Å². The monoisotopic (exact) mass is 483 g/mol. The first-order valence-corrected chi connectivity index (χ1v) is 11.5. The number of ether oxygens (including phenoxy) is 1. The number of rotatable bonds is 8. The Morgan fingerprint density at radius 3 is 2.47 bits per heavy atom. The van der Waals surface area contributed by atoms with Crippen LogP contribution in [0.4, 0.5) is 5.69 Å². The van der Waals surface area contributed by atoms with Crippen molar-refractivity contribution in [2.24, 2.45) is 0 Å². The summed E-state index contributed by atoms with van der Waals surface area (Å²) in [6.07, 6.45) is 0.228. The summed E-state index contributed by atoms with van der Waals surface area (Å²) < 4.78 is 41.3. The van der Waals surface area contributed by atoms with Crippen LogP contribution >= 0.6 is 0 Å². The summed E-state index contributed by atoms with van der Waals surface area (Å²) in [5.41, 5.74) is 0.509. The molecule has 0 aliphatic carbocycles. The fourth-order valence-electron chi connectivity index (χ4n) is 3.05. The number of aromatic nitrogens is 2. The molecule has 34 heavy (non-hydrogen) atoms. The number of nitrogens with zero attached hydrogens (tertiary/aromatic N) is 3. The topological polar surface area (TPSA) is 156 Å². The third kappa shape index (κ3) is 4.86. The molecule has 0 bridgehead atoms. The van der Waals surface area contributed by atoms with E-state index in [1.165, 1.54) is 55.7 Å². The van der Waals surface area contributed by atoms with Gasteiger partial charge in [0.15, 0.2) is 15.9 Å². The lowest BCUT2D eigenvalue weighted by molar-refractivity contribution is -0.384. The molecule has 12 heteroatoms. The van der Waals surface area contributed by atoms with Crippen molar-refractivity contribution in [3.05, 3.63) is 94.3 Å². The molecular formula is C22H17N3O8S. The van der Waals surface area contributed by atoms with Gasteiger partial charge in [0.1, 0.15) is 0 Å². The molecule has 0 aliphatic heterocycles. The van der Waals surface area contributed by atoms with Gasteiger partial charge in [-0.2, -0.15) is 0 Å². The Balaban J connectivity index is 1.46. The van der Waals surface area contributed by atoms with Crippen LogP contribution < -0.4 is 0 Å². The van der Waals surface area contributed by atoms with Crippen molar-refractivity contribution in [2.75, 3.05) is 0 Å². The minimum atomic E-state index is -3.71. The minimum absolute atomic E-state index is 0.0216. The summed E-state index contributed by atoms with van der Waals surface area (Å²) >= 11 is 0. The molecule has 11 nitrogen and oxygen atoms in total. The fraction of sp³-hybridized carbons (Fsp3) is 0.136. The minimum Gasteiger partial charge on any atom is -0.457 e. The lowest BCUT2D eigenvalue weighted by Gasteiger charge is -2.09. The zero-order valence-electron chi connectivity index (χ0n) is 17.7. The number of carbonyl (C=O) groups is 1. The molecule has 0 fully saturated rings. The van der Waals surface area contributed by atoms with E-state index in [1.54, 1.807) is 18.2 Å². The number of nitro groups is 1. The van der Waals surface area contributed by atoms with Crippen molar-refractivity contribution in [1.29, 1.82) is 0 Å². The van der Waals surface area contributed by atoms with Gasteiger partial charge in [-0.05, 0) is 37.3 Å². The quantitative estimate of drug-likeness (QED) is 0.203. The number of sulfone groups is 1. The summed E-state index contributed by atoms with van der Waals surface area (Å²) in [4.78, 5) is 23.0. The molecule has 0 radical (unpaired) electrons. The highest BCUT2D eigenvalue weighted by atomic mass is 32.2. The van der Waals surface area contributed by atoms with Crippen LogP contribution in [0.25, 0.3) is 11.5 Å². The summed E-state index contributed by atoms with van der Waals surface area (Å²) in [6, 6.07) is 14.7. The summed E-state index contributed by atoms with van der Waals surface area (Å²) in [6.45, 7) is 1.49. The van der Waals surface area contributed by atoms with Gasteiger partial charge in [0, 0.05) is 23.3 Å². The molecule has 4 aromatic rings. The third-order valence-electron chi connectivity index (χ3n) is 4.78. The molecule has 0 spiro atoms. The molecule has 0 N–H and O–H groups in total. The maximum absolute atomic E-state index is 12.6. The highest BCUT2D eigenvalue weighted by molar-refractivity contribution is 7.90. The smallest absolute Gasteiger partial charge is 0.375 e. The number of hydrogen-bond donors (Lipinski definition) is 0. The van der Waals surface area contributed by atoms with E-state index in [1.807, 2.05) is 0 Å². The number of carbonyl (C=O) groups excluding carboxylic acids is 1. The number of hydrogen-bond acceptors (Lipinski definition) is 10. The van der Waals surface area contributed by atoms with Crippen molar-refractivity contribution in [2.45, 2.75) is 23.7 Å². The van der Waals surface area contributed by atoms with E-state index < -0.39 is 32.6 Å². The maximum atomic E-state index is 12.6.